The average molecular weight is 290 g/mol. The van der Waals surface area contributed by atoms with Crippen LogP contribution in [0.4, 0.5) is 5.69 Å². The monoisotopic (exact) mass is 290 g/mol. The third kappa shape index (κ3) is 3.97. The van der Waals surface area contributed by atoms with Crippen LogP contribution < -0.4 is 10.1 Å². The van der Waals surface area contributed by atoms with Crippen molar-refractivity contribution in [2.45, 2.75) is 45.8 Å². The minimum absolute atomic E-state index is 0.0478. The molecule has 1 heterocycles. The van der Waals surface area contributed by atoms with Crippen molar-refractivity contribution in [1.82, 2.24) is 4.90 Å². The zero-order valence-electron chi connectivity index (χ0n) is 12.8. The van der Waals surface area contributed by atoms with Crippen LogP contribution in [-0.2, 0) is 9.59 Å². The van der Waals surface area contributed by atoms with Gasteiger partial charge in [-0.1, -0.05) is 0 Å². The first-order chi connectivity index (χ1) is 9.97. The molecule has 1 aliphatic heterocycles. The zero-order chi connectivity index (χ0) is 15.4. The topological polar surface area (TPSA) is 58.6 Å². The molecule has 1 aromatic carbocycles. The second-order valence-corrected chi connectivity index (χ2v) is 5.55. The van der Waals surface area contributed by atoms with E-state index in [1.54, 1.807) is 4.90 Å². The Morgan fingerprint density at radius 1 is 1.29 bits per heavy atom. The number of carbonyl (C=O) groups excluding carboxylic acids is 2. The van der Waals surface area contributed by atoms with Crippen molar-refractivity contribution in [3.05, 3.63) is 24.3 Å². The number of anilines is 1. The highest BCUT2D eigenvalue weighted by molar-refractivity contribution is 5.97. The summed E-state index contributed by atoms with van der Waals surface area (Å²) in [5, 5.41) is 2.86. The summed E-state index contributed by atoms with van der Waals surface area (Å²) in [5.41, 5.74) is 0.714. The molecule has 1 aliphatic rings. The molecule has 1 fully saturated rings. The minimum Gasteiger partial charge on any atom is -0.491 e. The Morgan fingerprint density at radius 2 is 1.95 bits per heavy atom. The molecule has 0 bridgehead atoms. The van der Waals surface area contributed by atoms with Crippen molar-refractivity contribution in [3.8, 4) is 5.75 Å². The molecule has 5 nitrogen and oxygen atoms in total. The van der Waals surface area contributed by atoms with Crippen LogP contribution in [0.5, 0.6) is 5.75 Å². The first-order valence-electron chi connectivity index (χ1n) is 7.32. The summed E-state index contributed by atoms with van der Waals surface area (Å²) < 4.78 is 5.56. The van der Waals surface area contributed by atoms with Gasteiger partial charge in [0.25, 0.3) is 0 Å². The van der Waals surface area contributed by atoms with E-state index in [9.17, 15) is 9.59 Å². The van der Waals surface area contributed by atoms with Gasteiger partial charge >= 0.3 is 0 Å². The van der Waals surface area contributed by atoms with Gasteiger partial charge in [-0.15, -0.1) is 0 Å². The molecule has 0 radical (unpaired) electrons. The molecule has 5 heteroatoms. The third-order valence-corrected chi connectivity index (χ3v) is 3.45. The molecule has 0 saturated carbocycles. The number of likely N-dealkylation sites (tertiary alicyclic amines) is 1. The van der Waals surface area contributed by atoms with Crippen LogP contribution in [0.3, 0.4) is 0 Å². The van der Waals surface area contributed by atoms with Gasteiger partial charge in [0.15, 0.2) is 0 Å². The van der Waals surface area contributed by atoms with Crippen LogP contribution in [0.15, 0.2) is 24.3 Å². The molecule has 0 aromatic heterocycles. The molecule has 114 valence electrons. The van der Waals surface area contributed by atoms with Gasteiger partial charge < -0.3 is 15.0 Å². The van der Waals surface area contributed by atoms with Crippen molar-refractivity contribution in [2.24, 2.45) is 0 Å². The van der Waals surface area contributed by atoms with E-state index in [1.807, 2.05) is 38.1 Å². The van der Waals surface area contributed by atoms with Gasteiger partial charge in [-0.25, -0.2) is 0 Å². The summed E-state index contributed by atoms with van der Waals surface area (Å²) in [5.74, 6) is 0.600. The average Bonchev–Trinajstić information content (AvgIpc) is 2.90. The van der Waals surface area contributed by atoms with E-state index >= 15 is 0 Å². The molecule has 2 rings (SSSR count). The molecule has 21 heavy (non-hydrogen) atoms. The fourth-order valence-corrected chi connectivity index (χ4v) is 2.53. The molecule has 2 amide bonds. The van der Waals surface area contributed by atoms with Gasteiger partial charge in [-0.3, -0.25) is 9.59 Å². The standard InChI is InChI=1S/C16H22N2O3/c1-11(2)21-14-8-6-13(7-9-14)17-16(20)15-5-4-10-18(15)12(3)19/h6-9,11,15H,4-5,10H2,1-3H3,(H,17,20). The predicted octanol–water partition coefficient (Wildman–Crippen LogP) is 2.42. The van der Waals surface area contributed by atoms with E-state index < -0.39 is 0 Å². The van der Waals surface area contributed by atoms with Crippen molar-refractivity contribution in [1.29, 1.82) is 0 Å². The lowest BCUT2D eigenvalue weighted by Gasteiger charge is -2.22. The number of ether oxygens (including phenoxy) is 1. The number of amides is 2. The van der Waals surface area contributed by atoms with Crippen molar-refractivity contribution in [3.63, 3.8) is 0 Å². The number of hydrogen-bond donors (Lipinski definition) is 1. The van der Waals surface area contributed by atoms with Gasteiger partial charge in [0.05, 0.1) is 6.10 Å². The lowest BCUT2D eigenvalue weighted by molar-refractivity contribution is -0.134. The third-order valence-electron chi connectivity index (χ3n) is 3.45. The molecular formula is C16H22N2O3. The highest BCUT2D eigenvalue weighted by Gasteiger charge is 2.32. The molecule has 1 atom stereocenters. The van der Waals surface area contributed by atoms with E-state index in [0.29, 0.717) is 12.2 Å². The molecule has 0 aliphatic carbocycles. The molecule has 1 saturated heterocycles. The molecular weight excluding hydrogens is 268 g/mol. The van der Waals surface area contributed by atoms with Crippen LogP contribution >= 0.6 is 0 Å². The van der Waals surface area contributed by atoms with Crippen LogP contribution in [0, 0.1) is 0 Å². The highest BCUT2D eigenvalue weighted by Crippen LogP contribution is 2.21. The molecule has 1 aromatic rings. The maximum Gasteiger partial charge on any atom is 0.247 e. The number of carbonyl (C=O) groups is 2. The summed E-state index contributed by atoms with van der Waals surface area (Å²) in [4.78, 5) is 25.4. The van der Waals surface area contributed by atoms with Gasteiger partial charge in [0, 0.05) is 19.2 Å². The van der Waals surface area contributed by atoms with Crippen molar-refractivity contribution >= 4 is 17.5 Å². The summed E-state index contributed by atoms with van der Waals surface area (Å²) in [7, 11) is 0. The van der Waals surface area contributed by atoms with E-state index in [0.717, 1.165) is 18.6 Å². The smallest absolute Gasteiger partial charge is 0.247 e. The second kappa shape index (κ2) is 6.61. The number of nitrogens with one attached hydrogen (secondary N) is 1. The van der Waals surface area contributed by atoms with Gasteiger partial charge in [0.2, 0.25) is 11.8 Å². The fourth-order valence-electron chi connectivity index (χ4n) is 2.53. The Balaban J connectivity index is 1.97. The van der Waals surface area contributed by atoms with Crippen molar-refractivity contribution in [2.75, 3.05) is 11.9 Å². The maximum atomic E-state index is 12.3. The molecule has 1 N–H and O–H groups in total. The Hall–Kier alpha value is -2.04. The van der Waals surface area contributed by atoms with E-state index in [2.05, 4.69) is 5.32 Å². The Bertz CT molecular complexity index is 511. The van der Waals surface area contributed by atoms with E-state index in [-0.39, 0.29) is 24.0 Å². The summed E-state index contributed by atoms with van der Waals surface area (Å²) in [6.45, 7) is 6.09. The number of benzene rings is 1. The minimum atomic E-state index is -0.353. The van der Waals surface area contributed by atoms with Crippen LogP contribution in [-0.4, -0.2) is 35.4 Å². The zero-order valence-corrected chi connectivity index (χ0v) is 12.8. The van der Waals surface area contributed by atoms with Crippen LogP contribution in [0.1, 0.15) is 33.6 Å². The molecule has 0 spiro atoms. The number of nitrogens with zero attached hydrogens (tertiary/aromatic N) is 1. The summed E-state index contributed by atoms with van der Waals surface area (Å²) >= 11 is 0. The quantitative estimate of drug-likeness (QED) is 0.926. The van der Waals surface area contributed by atoms with Crippen molar-refractivity contribution < 1.29 is 14.3 Å². The lowest BCUT2D eigenvalue weighted by atomic mass is 10.2. The number of hydrogen-bond acceptors (Lipinski definition) is 3. The Morgan fingerprint density at radius 3 is 2.52 bits per heavy atom. The van der Waals surface area contributed by atoms with Gasteiger partial charge in [0.1, 0.15) is 11.8 Å². The Labute approximate surface area is 125 Å². The van der Waals surface area contributed by atoms with Gasteiger partial charge in [-0.05, 0) is 51.0 Å². The van der Waals surface area contributed by atoms with Crippen LogP contribution in [0.25, 0.3) is 0 Å². The fraction of sp³-hybridized carbons (Fsp3) is 0.500. The number of rotatable bonds is 4. The SMILES string of the molecule is CC(=O)N1CCCC1C(=O)Nc1ccc(OC(C)C)cc1. The second-order valence-electron chi connectivity index (χ2n) is 5.55. The lowest BCUT2D eigenvalue weighted by Crippen LogP contribution is -2.42. The summed E-state index contributed by atoms with van der Waals surface area (Å²) in [6.07, 6.45) is 1.71. The maximum absolute atomic E-state index is 12.3. The highest BCUT2D eigenvalue weighted by atomic mass is 16.5. The largest absolute Gasteiger partial charge is 0.491 e. The van der Waals surface area contributed by atoms with E-state index in [1.165, 1.54) is 6.92 Å². The predicted molar refractivity (Wildman–Crippen MR) is 81.2 cm³/mol. The molecule has 1 unspecified atom stereocenters. The van der Waals surface area contributed by atoms with Gasteiger partial charge in [-0.2, -0.15) is 0 Å². The first kappa shape index (κ1) is 15.4. The normalized spacial score (nSPS) is 17.9. The first-order valence-corrected chi connectivity index (χ1v) is 7.32. The Kier molecular flexibility index (Phi) is 4.83. The summed E-state index contributed by atoms with van der Waals surface area (Å²) in [6, 6.07) is 6.92. The van der Waals surface area contributed by atoms with E-state index in [4.69, 9.17) is 4.74 Å². The van der Waals surface area contributed by atoms with Crippen LogP contribution in [0.2, 0.25) is 0 Å².